The molecule has 0 saturated carbocycles. The summed E-state index contributed by atoms with van der Waals surface area (Å²) in [5.41, 5.74) is 0. The van der Waals surface area contributed by atoms with Gasteiger partial charge in [-0.25, -0.2) is 4.57 Å². The lowest BCUT2D eigenvalue weighted by atomic mass is 10.0. The highest BCUT2D eigenvalue weighted by molar-refractivity contribution is 7.47. The third-order valence-corrected chi connectivity index (χ3v) is 15.0. The van der Waals surface area contributed by atoms with E-state index in [4.69, 9.17) is 23.3 Å². The Morgan fingerprint density at radius 1 is 0.333 bits per heavy atom. The van der Waals surface area contributed by atoms with Crippen molar-refractivity contribution in [1.82, 2.24) is 0 Å². The molecule has 11 nitrogen and oxygen atoms in total. The predicted molar refractivity (Wildman–Crippen MR) is 298 cm³/mol. The number of carbonyl (C=O) groups is 3. The number of hydrogen-bond donors (Lipinski definition) is 2. The Morgan fingerprint density at radius 2 is 0.556 bits per heavy atom. The van der Waals surface area contributed by atoms with Crippen LogP contribution in [-0.2, 0) is 42.2 Å². The van der Waals surface area contributed by atoms with Crippen LogP contribution < -0.4 is 0 Å². The van der Waals surface area contributed by atoms with Gasteiger partial charge in [0.25, 0.3) is 0 Å². The average Bonchev–Trinajstić information content (AvgIpc) is 3.37. The fourth-order valence-corrected chi connectivity index (χ4v) is 10.1. The van der Waals surface area contributed by atoms with Gasteiger partial charge in [-0.05, 0) is 19.3 Å². The van der Waals surface area contributed by atoms with Crippen molar-refractivity contribution in [2.24, 2.45) is 0 Å². The standard InChI is InChI=1S/C60H117O11P/c1-4-7-10-13-16-19-22-24-26-28-30-32-35-37-40-43-46-49-58(62)67-53-57(71-60(64)51-48-45-42-39-36-33-31-29-27-25-23-20-17-14-11-8-5-2)55-69-72(65,66)68-54-56(52-61)70-59(63)50-47-44-41-38-34-21-18-15-12-9-6-3/h56-57,61H,4-55H2,1-3H3,(H,65,66). The fourth-order valence-electron chi connectivity index (χ4n) is 9.30. The van der Waals surface area contributed by atoms with Crippen molar-refractivity contribution in [3.8, 4) is 0 Å². The molecule has 0 saturated heterocycles. The zero-order valence-electron chi connectivity index (χ0n) is 47.4. The van der Waals surface area contributed by atoms with Gasteiger partial charge in [-0.15, -0.1) is 0 Å². The van der Waals surface area contributed by atoms with E-state index < -0.39 is 57.8 Å². The summed E-state index contributed by atoms with van der Waals surface area (Å²) in [6, 6.07) is 0. The van der Waals surface area contributed by atoms with Crippen LogP contribution in [0.15, 0.2) is 0 Å². The number of phosphoric acid groups is 1. The summed E-state index contributed by atoms with van der Waals surface area (Å²) < 4.78 is 39.6. The van der Waals surface area contributed by atoms with Crippen LogP contribution >= 0.6 is 7.82 Å². The van der Waals surface area contributed by atoms with E-state index in [0.717, 1.165) is 57.8 Å². The van der Waals surface area contributed by atoms with Gasteiger partial charge in [0.05, 0.1) is 19.8 Å². The Labute approximate surface area is 443 Å². The Hall–Kier alpha value is -1.52. The summed E-state index contributed by atoms with van der Waals surface area (Å²) in [5.74, 6) is -1.42. The zero-order valence-corrected chi connectivity index (χ0v) is 48.3. The molecule has 0 heterocycles. The molecule has 0 rings (SSSR count). The maximum Gasteiger partial charge on any atom is 0.472 e. The maximum atomic E-state index is 12.9. The number of carbonyl (C=O) groups excluding carboxylic acids is 3. The highest BCUT2D eigenvalue weighted by Crippen LogP contribution is 2.43. The van der Waals surface area contributed by atoms with Crippen LogP contribution in [0.4, 0.5) is 0 Å². The molecule has 2 N–H and O–H groups in total. The number of ether oxygens (including phenoxy) is 3. The van der Waals surface area contributed by atoms with Crippen LogP contribution in [0.1, 0.15) is 329 Å². The Kier molecular flexibility index (Phi) is 54.5. The van der Waals surface area contributed by atoms with Crippen molar-refractivity contribution in [2.75, 3.05) is 26.4 Å². The van der Waals surface area contributed by atoms with E-state index >= 15 is 0 Å². The van der Waals surface area contributed by atoms with E-state index in [-0.39, 0.29) is 25.9 Å². The minimum Gasteiger partial charge on any atom is -0.462 e. The van der Waals surface area contributed by atoms with Gasteiger partial charge in [0.2, 0.25) is 0 Å². The van der Waals surface area contributed by atoms with Crippen LogP contribution in [0.5, 0.6) is 0 Å². The summed E-state index contributed by atoms with van der Waals surface area (Å²) in [6.07, 6.45) is 53.4. The summed E-state index contributed by atoms with van der Waals surface area (Å²) in [5, 5.41) is 9.80. The minimum absolute atomic E-state index is 0.179. The molecule has 0 aromatic carbocycles. The second-order valence-corrected chi connectivity index (χ2v) is 22.7. The molecule has 0 aromatic rings. The largest absolute Gasteiger partial charge is 0.472 e. The highest BCUT2D eigenvalue weighted by atomic mass is 31.2. The molecule has 0 aliphatic heterocycles. The molecule has 0 bridgehead atoms. The number of unbranched alkanes of at least 4 members (excludes halogenated alkanes) is 42. The second kappa shape index (κ2) is 55.7. The number of rotatable bonds is 59. The Bertz CT molecular complexity index is 1220. The summed E-state index contributed by atoms with van der Waals surface area (Å²) in [4.78, 5) is 48.6. The molecule has 12 heteroatoms. The summed E-state index contributed by atoms with van der Waals surface area (Å²) >= 11 is 0. The molecule has 3 unspecified atom stereocenters. The lowest BCUT2D eigenvalue weighted by Gasteiger charge is -2.21. The quantitative estimate of drug-likeness (QED) is 0.0259. The van der Waals surface area contributed by atoms with Crippen LogP contribution in [0, 0.1) is 0 Å². The summed E-state index contributed by atoms with van der Waals surface area (Å²) in [6.45, 7) is 4.72. The van der Waals surface area contributed by atoms with Gasteiger partial charge in [0.15, 0.2) is 6.10 Å². The molecular formula is C60H117O11P. The second-order valence-electron chi connectivity index (χ2n) is 21.2. The molecule has 0 fully saturated rings. The smallest absolute Gasteiger partial charge is 0.462 e. The minimum atomic E-state index is -4.73. The van der Waals surface area contributed by atoms with Crippen LogP contribution in [0.3, 0.4) is 0 Å². The molecule has 0 spiro atoms. The van der Waals surface area contributed by atoms with E-state index in [9.17, 15) is 28.9 Å². The lowest BCUT2D eigenvalue weighted by Crippen LogP contribution is -2.30. The van der Waals surface area contributed by atoms with Crippen LogP contribution in [0.25, 0.3) is 0 Å². The van der Waals surface area contributed by atoms with Crippen molar-refractivity contribution >= 4 is 25.7 Å². The maximum absolute atomic E-state index is 12.9. The van der Waals surface area contributed by atoms with Crippen molar-refractivity contribution in [1.29, 1.82) is 0 Å². The first-order valence-corrected chi connectivity index (χ1v) is 32.4. The molecule has 0 aliphatic carbocycles. The van der Waals surface area contributed by atoms with E-state index in [1.54, 1.807) is 0 Å². The summed E-state index contributed by atoms with van der Waals surface area (Å²) in [7, 11) is -4.73. The molecule has 72 heavy (non-hydrogen) atoms. The third kappa shape index (κ3) is 53.3. The fraction of sp³-hybridized carbons (Fsp3) is 0.950. The molecule has 428 valence electrons. The molecule has 0 aromatic heterocycles. The van der Waals surface area contributed by atoms with Gasteiger partial charge in [-0.2, -0.15) is 0 Å². The van der Waals surface area contributed by atoms with E-state index in [2.05, 4.69) is 20.8 Å². The average molecular weight is 1050 g/mol. The number of hydrogen-bond acceptors (Lipinski definition) is 10. The van der Waals surface area contributed by atoms with Gasteiger partial charge in [0.1, 0.15) is 12.7 Å². The molecule has 0 aliphatic rings. The molecule has 0 radical (unpaired) electrons. The number of aliphatic hydroxyl groups excluding tert-OH is 1. The molecule has 3 atom stereocenters. The van der Waals surface area contributed by atoms with Gasteiger partial charge in [-0.1, -0.05) is 290 Å². The van der Waals surface area contributed by atoms with Gasteiger partial charge >= 0.3 is 25.7 Å². The first kappa shape index (κ1) is 70.5. The van der Waals surface area contributed by atoms with E-state index in [1.807, 2.05) is 0 Å². The number of esters is 3. The van der Waals surface area contributed by atoms with Gasteiger partial charge in [0, 0.05) is 19.3 Å². The Morgan fingerprint density at radius 3 is 0.819 bits per heavy atom. The van der Waals surface area contributed by atoms with E-state index in [1.165, 1.54) is 212 Å². The predicted octanol–water partition coefficient (Wildman–Crippen LogP) is 18.3. The highest BCUT2D eigenvalue weighted by Gasteiger charge is 2.28. The van der Waals surface area contributed by atoms with Crippen molar-refractivity contribution in [2.45, 2.75) is 341 Å². The normalized spacial score (nSPS) is 13.2. The first-order chi connectivity index (χ1) is 35.2. The van der Waals surface area contributed by atoms with Crippen molar-refractivity contribution < 1.29 is 52.2 Å². The van der Waals surface area contributed by atoms with Crippen molar-refractivity contribution in [3.05, 3.63) is 0 Å². The monoisotopic (exact) mass is 1040 g/mol. The Balaban J connectivity index is 4.64. The third-order valence-electron chi connectivity index (χ3n) is 14.0. The number of phosphoric ester groups is 1. The lowest BCUT2D eigenvalue weighted by molar-refractivity contribution is -0.161. The topological polar surface area (TPSA) is 155 Å². The van der Waals surface area contributed by atoms with Crippen LogP contribution in [0.2, 0.25) is 0 Å². The van der Waals surface area contributed by atoms with E-state index in [0.29, 0.717) is 19.3 Å². The van der Waals surface area contributed by atoms with Crippen LogP contribution in [-0.4, -0.2) is 66.5 Å². The molecular weight excluding hydrogens is 928 g/mol. The van der Waals surface area contributed by atoms with Gasteiger partial charge in [-0.3, -0.25) is 23.4 Å². The molecule has 0 amide bonds. The SMILES string of the molecule is CCCCCCCCCCCCCCCCCCCC(=O)OCC(COP(=O)(O)OCC(CO)OC(=O)CCCCCCCCCCCCC)OC(=O)CCCCCCCCCCCCCCCCCCC. The van der Waals surface area contributed by atoms with Gasteiger partial charge < -0.3 is 24.2 Å². The first-order valence-electron chi connectivity index (χ1n) is 30.9. The number of aliphatic hydroxyl groups is 1. The zero-order chi connectivity index (χ0) is 52.7. The van der Waals surface area contributed by atoms with Crippen molar-refractivity contribution in [3.63, 3.8) is 0 Å².